The van der Waals surface area contributed by atoms with Gasteiger partial charge in [0, 0.05) is 12.4 Å². The SMILES string of the molecule is CCCCOn1c(=O)c(C(=O)OCC)c(NCc2ccccn2)c2cncnc21. The minimum atomic E-state index is -0.736. The van der Waals surface area contributed by atoms with Crippen LogP contribution in [0.2, 0.25) is 0 Å². The molecule has 0 saturated heterocycles. The first-order chi connectivity index (χ1) is 14.2. The minimum absolute atomic E-state index is 0.137. The highest BCUT2D eigenvalue weighted by atomic mass is 16.7. The highest BCUT2D eigenvalue weighted by Gasteiger charge is 2.25. The molecule has 0 unspecified atom stereocenters. The van der Waals surface area contributed by atoms with Crippen molar-refractivity contribution in [2.75, 3.05) is 18.5 Å². The van der Waals surface area contributed by atoms with Crippen molar-refractivity contribution in [3.05, 3.63) is 58.5 Å². The summed E-state index contributed by atoms with van der Waals surface area (Å²) in [4.78, 5) is 43.9. The first-order valence-corrected chi connectivity index (χ1v) is 9.50. The van der Waals surface area contributed by atoms with Gasteiger partial charge in [-0.05, 0) is 25.5 Å². The molecule has 3 heterocycles. The molecule has 0 spiro atoms. The summed E-state index contributed by atoms with van der Waals surface area (Å²) in [5, 5.41) is 3.61. The van der Waals surface area contributed by atoms with Gasteiger partial charge in [0.15, 0.2) is 11.2 Å². The van der Waals surface area contributed by atoms with E-state index in [1.807, 2.05) is 25.1 Å². The molecule has 0 saturated carbocycles. The third-order valence-electron chi connectivity index (χ3n) is 4.17. The van der Waals surface area contributed by atoms with Crippen LogP contribution in [-0.4, -0.2) is 38.9 Å². The summed E-state index contributed by atoms with van der Waals surface area (Å²) in [7, 11) is 0. The van der Waals surface area contributed by atoms with E-state index in [1.165, 1.54) is 12.5 Å². The van der Waals surface area contributed by atoms with Gasteiger partial charge in [0.1, 0.15) is 12.9 Å². The number of unbranched alkanes of at least 4 members (excludes halogenated alkanes) is 1. The van der Waals surface area contributed by atoms with Gasteiger partial charge in [-0.25, -0.2) is 14.8 Å². The highest BCUT2D eigenvalue weighted by molar-refractivity contribution is 6.03. The lowest BCUT2D eigenvalue weighted by Crippen LogP contribution is -2.34. The Morgan fingerprint density at radius 3 is 2.83 bits per heavy atom. The molecule has 0 aromatic carbocycles. The van der Waals surface area contributed by atoms with Gasteiger partial charge < -0.3 is 14.9 Å². The summed E-state index contributed by atoms with van der Waals surface area (Å²) < 4.78 is 6.17. The second kappa shape index (κ2) is 9.63. The molecule has 1 N–H and O–H groups in total. The number of rotatable bonds is 9. The molecular formula is C20H23N5O4. The Hall–Kier alpha value is -3.49. The zero-order valence-electron chi connectivity index (χ0n) is 16.4. The number of ether oxygens (including phenoxy) is 1. The molecule has 0 aliphatic rings. The van der Waals surface area contributed by atoms with Crippen LogP contribution in [-0.2, 0) is 11.3 Å². The molecule has 3 aromatic rings. The second-order valence-electron chi connectivity index (χ2n) is 6.19. The number of esters is 1. The molecule has 0 amide bonds. The molecule has 9 heteroatoms. The number of hydrogen-bond acceptors (Lipinski definition) is 8. The number of anilines is 1. The maximum atomic E-state index is 13.1. The molecule has 152 valence electrons. The van der Waals surface area contributed by atoms with E-state index in [-0.39, 0.29) is 17.8 Å². The van der Waals surface area contributed by atoms with Gasteiger partial charge in [-0.1, -0.05) is 19.4 Å². The largest absolute Gasteiger partial charge is 0.462 e. The van der Waals surface area contributed by atoms with Crippen LogP contribution in [0, 0.1) is 0 Å². The molecular weight excluding hydrogens is 374 g/mol. The van der Waals surface area contributed by atoms with Crippen LogP contribution in [0.3, 0.4) is 0 Å². The van der Waals surface area contributed by atoms with Crippen LogP contribution in [0.25, 0.3) is 11.0 Å². The van der Waals surface area contributed by atoms with Crippen LogP contribution in [0.5, 0.6) is 0 Å². The molecule has 3 aromatic heterocycles. The van der Waals surface area contributed by atoms with Crippen LogP contribution in [0.1, 0.15) is 42.7 Å². The average molecular weight is 397 g/mol. The molecule has 0 radical (unpaired) electrons. The van der Waals surface area contributed by atoms with E-state index in [9.17, 15) is 9.59 Å². The van der Waals surface area contributed by atoms with E-state index in [1.54, 1.807) is 13.1 Å². The fourth-order valence-electron chi connectivity index (χ4n) is 2.78. The maximum Gasteiger partial charge on any atom is 0.346 e. The van der Waals surface area contributed by atoms with Gasteiger partial charge >= 0.3 is 11.5 Å². The summed E-state index contributed by atoms with van der Waals surface area (Å²) >= 11 is 0. The Morgan fingerprint density at radius 2 is 2.10 bits per heavy atom. The number of pyridine rings is 2. The lowest BCUT2D eigenvalue weighted by molar-refractivity contribution is 0.0515. The Kier molecular flexibility index (Phi) is 6.72. The average Bonchev–Trinajstić information content (AvgIpc) is 2.74. The van der Waals surface area contributed by atoms with Crippen molar-refractivity contribution >= 4 is 22.7 Å². The Bertz CT molecular complexity index is 1040. The monoisotopic (exact) mass is 397 g/mol. The van der Waals surface area contributed by atoms with Gasteiger partial charge in [-0.15, -0.1) is 4.73 Å². The molecule has 9 nitrogen and oxygen atoms in total. The summed E-state index contributed by atoms with van der Waals surface area (Å²) in [5.41, 5.74) is 0.536. The van der Waals surface area contributed by atoms with E-state index in [0.717, 1.165) is 23.3 Å². The van der Waals surface area contributed by atoms with Crippen molar-refractivity contribution in [2.24, 2.45) is 0 Å². The third-order valence-corrected chi connectivity index (χ3v) is 4.17. The van der Waals surface area contributed by atoms with Gasteiger partial charge in [0.2, 0.25) is 0 Å². The zero-order valence-corrected chi connectivity index (χ0v) is 16.4. The van der Waals surface area contributed by atoms with Crippen molar-refractivity contribution in [1.29, 1.82) is 0 Å². The van der Waals surface area contributed by atoms with E-state index in [2.05, 4.69) is 20.3 Å². The smallest absolute Gasteiger partial charge is 0.346 e. The van der Waals surface area contributed by atoms with Crippen molar-refractivity contribution in [3.8, 4) is 0 Å². The van der Waals surface area contributed by atoms with Crippen molar-refractivity contribution in [3.63, 3.8) is 0 Å². The number of aromatic nitrogens is 4. The lowest BCUT2D eigenvalue weighted by atomic mass is 10.1. The number of nitrogens with zero attached hydrogens (tertiary/aromatic N) is 4. The minimum Gasteiger partial charge on any atom is -0.462 e. The summed E-state index contributed by atoms with van der Waals surface area (Å²) in [6.45, 7) is 4.45. The van der Waals surface area contributed by atoms with Gasteiger partial charge in [-0.2, -0.15) is 0 Å². The normalized spacial score (nSPS) is 10.7. The predicted octanol–water partition coefficient (Wildman–Crippen LogP) is 2.20. The summed E-state index contributed by atoms with van der Waals surface area (Å²) in [6, 6.07) is 5.51. The molecule has 0 aliphatic carbocycles. The van der Waals surface area contributed by atoms with E-state index >= 15 is 0 Å². The summed E-state index contributed by atoms with van der Waals surface area (Å²) in [6.07, 6.45) is 6.19. The molecule has 0 bridgehead atoms. The quantitative estimate of drug-likeness (QED) is 0.432. The van der Waals surface area contributed by atoms with Crippen LogP contribution < -0.4 is 15.7 Å². The lowest BCUT2D eigenvalue weighted by Gasteiger charge is -2.17. The molecule has 0 fully saturated rings. The third kappa shape index (κ3) is 4.50. The molecule has 0 aliphatic heterocycles. The first-order valence-electron chi connectivity index (χ1n) is 9.50. The fourth-order valence-corrected chi connectivity index (χ4v) is 2.78. The first kappa shape index (κ1) is 20.2. The number of carbonyl (C=O) groups is 1. The van der Waals surface area contributed by atoms with Gasteiger partial charge in [0.25, 0.3) is 0 Å². The topological polar surface area (TPSA) is 108 Å². The second-order valence-corrected chi connectivity index (χ2v) is 6.19. The highest BCUT2D eigenvalue weighted by Crippen LogP contribution is 2.24. The van der Waals surface area contributed by atoms with Crippen LogP contribution in [0.15, 0.2) is 41.7 Å². The van der Waals surface area contributed by atoms with Crippen molar-refractivity contribution in [1.82, 2.24) is 19.7 Å². The number of nitrogens with one attached hydrogen (secondary N) is 1. The Balaban J connectivity index is 2.13. The van der Waals surface area contributed by atoms with Crippen LogP contribution >= 0.6 is 0 Å². The van der Waals surface area contributed by atoms with Gasteiger partial charge in [0.05, 0.1) is 29.9 Å². The van der Waals surface area contributed by atoms with Crippen LogP contribution in [0.4, 0.5) is 5.69 Å². The zero-order chi connectivity index (χ0) is 20.6. The van der Waals surface area contributed by atoms with Crippen molar-refractivity contribution in [2.45, 2.75) is 33.2 Å². The molecule has 29 heavy (non-hydrogen) atoms. The Morgan fingerprint density at radius 1 is 1.24 bits per heavy atom. The molecule has 0 atom stereocenters. The van der Waals surface area contributed by atoms with Gasteiger partial charge in [-0.3, -0.25) is 9.78 Å². The maximum absolute atomic E-state index is 13.1. The molecule has 3 rings (SSSR count). The standard InChI is InChI=1S/C20H23N5O4/c1-3-5-10-29-25-18-15(12-21-13-24-18)17(16(19(25)26)20(27)28-4-2)23-11-14-8-6-7-9-22-14/h6-9,12-13,23H,3-5,10-11H2,1-2H3. The van der Waals surface area contributed by atoms with Crippen molar-refractivity contribution < 1.29 is 14.4 Å². The van der Waals surface area contributed by atoms with E-state index in [4.69, 9.17) is 9.57 Å². The number of carbonyl (C=O) groups excluding carboxylic acids is 1. The summed E-state index contributed by atoms with van der Waals surface area (Å²) in [5.74, 6) is -0.736. The van der Waals surface area contributed by atoms with E-state index < -0.39 is 11.5 Å². The predicted molar refractivity (Wildman–Crippen MR) is 108 cm³/mol. The Labute approximate surface area is 167 Å². The van der Waals surface area contributed by atoms with E-state index in [0.29, 0.717) is 24.2 Å². The number of hydrogen-bond donors (Lipinski definition) is 1. The fraction of sp³-hybridized carbons (Fsp3) is 0.350. The number of fused-ring (bicyclic) bond motifs is 1.